The van der Waals surface area contributed by atoms with Crippen LogP contribution < -0.4 is 0 Å². The van der Waals surface area contributed by atoms with Crippen molar-refractivity contribution in [3.63, 3.8) is 0 Å². The maximum absolute atomic E-state index is 11.6. The van der Waals surface area contributed by atoms with Crippen molar-refractivity contribution in [3.05, 3.63) is 70.3 Å². The second-order valence-corrected chi connectivity index (χ2v) is 6.93. The van der Waals surface area contributed by atoms with E-state index < -0.39 is 4.92 Å². The second kappa shape index (κ2) is 7.19. The number of aryl methyl sites for hydroxylation is 2. The van der Waals surface area contributed by atoms with Crippen LogP contribution in [-0.4, -0.2) is 39.9 Å². The van der Waals surface area contributed by atoms with Crippen molar-refractivity contribution in [1.29, 1.82) is 0 Å². The zero-order valence-corrected chi connectivity index (χ0v) is 15.7. The van der Waals surface area contributed by atoms with Gasteiger partial charge in [0.2, 0.25) is 5.16 Å². The molecule has 0 aliphatic carbocycles. The van der Waals surface area contributed by atoms with Crippen molar-refractivity contribution >= 4 is 17.4 Å². The summed E-state index contributed by atoms with van der Waals surface area (Å²) < 4.78 is 3.32. The number of nitro groups is 1. The first kappa shape index (κ1) is 17.8. The summed E-state index contributed by atoms with van der Waals surface area (Å²) in [6, 6.07) is 12.8. The number of hydrogen-bond acceptors (Lipinski definition) is 8. The molecular formula is C17H14N8O2S. The SMILES string of the molecule is Cc1cc([N+](=O)[O-])c(Sc2nnc(C)n2-c2ccccc2)cc1-n1cnnn1. The van der Waals surface area contributed by atoms with Gasteiger partial charge in [-0.3, -0.25) is 14.7 Å². The maximum atomic E-state index is 11.6. The van der Waals surface area contributed by atoms with Crippen LogP contribution in [-0.2, 0) is 0 Å². The minimum atomic E-state index is -0.408. The van der Waals surface area contributed by atoms with E-state index in [4.69, 9.17) is 0 Å². The Morgan fingerprint density at radius 3 is 2.57 bits per heavy atom. The zero-order valence-electron chi connectivity index (χ0n) is 14.9. The molecule has 0 fully saturated rings. The maximum Gasteiger partial charge on any atom is 0.283 e. The van der Waals surface area contributed by atoms with Crippen molar-refractivity contribution in [2.45, 2.75) is 23.9 Å². The average Bonchev–Trinajstić information content (AvgIpc) is 3.33. The van der Waals surface area contributed by atoms with E-state index >= 15 is 0 Å². The van der Waals surface area contributed by atoms with Crippen LogP contribution in [0.2, 0.25) is 0 Å². The lowest BCUT2D eigenvalue weighted by Crippen LogP contribution is -2.02. The first-order valence-electron chi connectivity index (χ1n) is 8.22. The number of benzene rings is 2. The van der Waals surface area contributed by atoms with Gasteiger partial charge in [0.25, 0.3) is 5.69 Å². The van der Waals surface area contributed by atoms with Gasteiger partial charge in [0.05, 0.1) is 15.5 Å². The lowest BCUT2D eigenvalue weighted by Gasteiger charge is -2.10. The van der Waals surface area contributed by atoms with Gasteiger partial charge in [0, 0.05) is 11.8 Å². The molecule has 0 aliphatic rings. The summed E-state index contributed by atoms with van der Waals surface area (Å²) in [6.45, 7) is 3.61. The van der Waals surface area contributed by atoms with Gasteiger partial charge >= 0.3 is 0 Å². The monoisotopic (exact) mass is 394 g/mol. The molecule has 0 bridgehead atoms. The first-order chi connectivity index (χ1) is 13.5. The van der Waals surface area contributed by atoms with Crippen LogP contribution in [0.25, 0.3) is 11.4 Å². The van der Waals surface area contributed by atoms with E-state index in [-0.39, 0.29) is 5.69 Å². The van der Waals surface area contributed by atoms with E-state index in [0.29, 0.717) is 27.1 Å². The molecule has 0 aliphatic heterocycles. The molecule has 0 spiro atoms. The molecule has 0 saturated heterocycles. The summed E-state index contributed by atoms with van der Waals surface area (Å²) in [5.41, 5.74) is 2.20. The molecule has 0 amide bonds. The molecule has 4 aromatic rings. The average molecular weight is 394 g/mol. The Morgan fingerprint density at radius 1 is 1.11 bits per heavy atom. The van der Waals surface area contributed by atoms with Gasteiger partial charge in [-0.2, -0.15) is 0 Å². The predicted octanol–water partition coefficient (Wildman–Crippen LogP) is 2.92. The van der Waals surface area contributed by atoms with Crippen molar-refractivity contribution in [3.8, 4) is 11.4 Å². The molecule has 4 rings (SSSR count). The molecule has 0 unspecified atom stereocenters. The highest BCUT2D eigenvalue weighted by Gasteiger charge is 2.22. The second-order valence-electron chi connectivity index (χ2n) is 5.92. The van der Waals surface area contributed by atoms with Gasteiger partial charge < -0.3 is 0 Å². The molecule has 10 nitrogen and oxygen atoms in total. The fraction of sp³-hybridized carbons (Fsp3) is 0.118. The van der Waals surface area contributed by atoms with Crippen LogP contribution in [0.4, 0.5) is 5.69 Å². The summed E-state index contributed by atoms with van der Waals surface area (Å²) in [5.74, 6) is 0.684. The third-order valence-electron chi connectivity index (χ3n) is 4.08. The Bertz CT molecular complexity index is 1140. The highest BCUT2D eigenvalue weighted by molar-refractivity contribution is 7.99. The Kier molecular flexibility index (Phi) is 4.57. The van der Waals surface area contributed by atoms with Crippen molar-refractivity contribution < 1.29 is 4.92 Å². The van der Waals surface area contributed by atoms with E-state index in [1.807, 2.05) is 41.8 Å². The number of tetrazole rings is 1. The van der Waals surface area contributed by atoms with Crippen LogP contribution in [0.3, 0.4) is 0 Å². The number of rotatable bonds is 5. The molecule has 2 aromatic heterocycles. The molecule has 2 aromatic carbocycles. The number of hydrogen-bond donors (Lipinski definition) is 0. The van der Waals surface area contributed by atoms with E-state index in [9.17, 15) is 10.1 Å². The number of nitro benzene ring substituents is 1. The topological polar surface area (TPSA) is 117 Å². The fourth-order valence-corrected chi connectivity index (χ4v) is 3.80. The Labute approximate surface area is 163 Å². The van der Waals surface area contributed by atoms with Crippen LogP contribution in [0, 0.1) is 24.0 Å². The van der Waals surface area contributed by atoms with E-state index in [2.05, 4.69) is 25.7 Å². The lowest BCUT2D eigenvalue weighted by molar-refractivity contribution is -0.387. The largest absolute Gasteiger partial charge is 0.283 e. The van der Waals surface area contributed by atoms with E-state index in [0.717, 1.165) is 5.69 Å². The quantitative estimate of drug-likeness (QED) is 0.374. The minimum Gasteiger partial charge on any atom is -0.274 e. The van der Waals surface area contributed by atoms with Crippen LogP contribution in [0.15, 0.2) is 58.8 Å². The standard InChI is InChI=1S/C17H14N8O2S/c1-11-8-15(25(26)27)16(9-14(11)23-10-18-21-22-23)28-17-20-19-12(2)24(17)13-6-4-3-5-7-13/h3-10H,1-2H3. The Balaban J connectivity index is 1.83. The third-order valence-corrected chi connectivity index (χ3v) is 5.07. The highest BCUT2D eigenvalue weighted by atomic mass is 32.2. The normalized spacial score (nSPS) is 10.9. The summed E-state index contributed by atoms with van der Waals surface area (Å²) in [7, 11) is 0. The molecule has 140 valence electrons. The van der Waals surface area contributed by atoms with Gasteiger partial charge in [-0.05, 0) is 59.8 Å². The van der Waals surface area contributed by atoms with E-state index in [1.54, 1.807) is 13.0 Å². The summed E-state index contributed by atoms with van der Waals surface area (Å²) in [5, 5.41) is 31.6. The summed E-state index contributed by atoms with van der Waals surface area (Å²) in [4.78, 5) is 11.6. The van der Waals surface area contributed by atoms with Crippen LogP contribution in [0.5, 0.6) is 0 Å². The van der Waals surface area contributed by atoms with Gasteiger partial charge in [0.1, 0.15) is 12.2 Å². The number of aromatic nitrogens is 7. The van der Waals surface area contributed by atoms with Gasteiger partial charge in [0.15, 0.2) is 0 Å². The van der Waals surface area contributed by atoms with Gasteiger partial charge in [-0.15, -0.1) is 15.3 Å². The summed E-state index contributed by atoms with van der Waals surface area (Å²) in [6.07, 6.45) is 1.44. The molecule has 28 heavy (non-hydrogen) atoms. The molecule has 2 heterocycles. The van der Waals surface area contributed by atoms with Crippen LogP contribution >= 0.6 is 11.8 Å². The minimum absolute atomic E-state index is 0.0143. The summed E-state index contributed by atoms with van der Waals surface area (Å²) >= 11 is 1.17. The van der Waals surface area contributed by atoms with E-state index in [1.165, 1.54) is 28.8 Å². The van der Waals surface area contributed by atoms with Gasteiger partial charge in [-0.1, -0.05) is 18.2 Å². The molecule has 0 N–H and O–H groups in total. The molecular weight excluding hydrogens is 380 g/mol. The van der Waals surface area contributed by atoms with Gasteiger partial charge in [-0.25, -0.2) is 4.68 Å². The van der Waals surface area contributed by atoms with Crippen molar-refractivity contribution in [2.75, 3.05) is 0 Å². The van der Waals surface area contributed by atoms with Crippen molar-refractivity contribution in [1.82, 2.24) is 35.0 Å². The third kappa shape index (κ3) is 3.22. The first-order valence-corrected chi connectivity index (χ1v) is 9.04. The highest BCUT2D eigenvalue weighted by Crippen LogP contribution is 2.37. The fourth-order valence-electron chi connectivity index (χ4n) is 2.79. The Morgan fingerprint density at radius 2 is 1.89 bits per heavy atom. The molecule has 11 heteroatoms. The zero-order chi connectivity index (χ0) is 19.7. The molecule has 0 atom stereocenters. The molecule has 0 saturated carbocycles. The Hall–Kier alpha value is -3.60. The number of para-hydroxylation sites is 1. The lowest BCUT2D eigenvalue weighted by atomic mass is 10.2. The smallest absolute Gasteiger partial charge is 0.274 e. The molecule has 0 radical (unpaired) electrons. The number of nitrogens with zero attached hydrogens (tertiary/aromatic N) is 8. The van der Waals surface area contributed by atoms with Crippen LogP contribution in [0.1, 0.15) is 11.4 Å². The predicted molar refractivity (Wildman–Crippen MR) is 101 cm³/mol. The van der Waals surface area contributed by atoms with Crippen molar-refractivity contribution in [2.24, 2.45) is 0 Å².